The Morgan fingerprint density at radius 2 is 1.78 bits per heavy atom. The number of carbonyl (C=O) groups is 1. The van der Waals surface area contributed by atoms with Crippen LogP contribution < -0.4 is 16.6 Å². The molecule has 0 radical (unpaired) electrons. The zero-order valence-electron chi connectivity index (χ0n) is 16.0. The summed E-state index contributed by atoms with van der Waals surface area (Å²) >= 11 is 0. The molecule has 27 heavy (non-hydrogen) atoms. The Kier molecular flexibility index (Phi) is 6.85. The van der Waals surface area contributed by atoms with E-state index in [1.54, 1.807) is 17.0 Å². The number of nitrogens with one attached hydrogen (secondary N) is 2. The van der Waals surface area contributed by atoms with Crippen molar-refractivity contribution in [3.05, 3.63) is 65.7 Å². The molecule has 0 saturated carbocycles. The molecule has 0 aromatic heterocycles. The van der Waals surface area contributed by atoms with Gasteiger partial charge in [0, 0.05) is 31.4 Å². The molecular formula is C22H30N4O. The van der Waals surface area contributed by atoms with Crippen molar-refractivity contribution in [1.82, 2.24) is 15.8 Å². The summed E-state index contributed by atoms with van der Waals surface area (Å²) in [7, 11) is 1.85. The highest BCUT2D eigenvalue weighted by atomic mass is 16.2. The number of benzene rings is 2. The van der Waals surface area contributed by atoms with Gasteiger partial charge >= 0.3 is 0 Å². The minimum atomic E-state index is 0.000428. The van der Waals surface area contributed by atoms with Gasteiger partial charge in [-0.15, -0.1) is 0 Å². The van der Waals surface area contributed by atoms with Gasteiger partial charge in [-0.2, -0.15) is 0 Å². The maximum Gasteiger partial charge on any atom is 0.255 e. The van der Waals surface area contributed by atoms with Crippen LogP contribution in [0.2, 0.25) is 0 Å². The summed E-state index contributed by atoms with van der Waals surface area (Å²) in [4.78, 5) is 14.2. The van der Waals surface area contributed by atoms with E-state index in [4.69, 9.17) is 5.73 Å². The molecule has 4 N–H and O–H groups in total. The zero-order valence-corrected chi connectivity index (χ0v) is 16.0. The molecule has 5 heteroatoms. The molecule has 2 unspecified atom stereocenters. The van der Waals surface area contributed by atoms with Gasteiger partial charge in [-0.1, -0.05) is 55.3 Å². The van der Waals surface area contributed by atoms with Crippen LogP contribution >= 0.6 is 0 Å². The monoisotopic (exact) mass is 366 g/mol. The Hall–Kier alpha value is -2.37. The fourth-order valence-corrected chi connectivity index (χ4v) is 3.63. The van der Waals surface area contributed by atoms with Crippen molar-refractivity contribution in [1.29, 1.82) is 0 Å². The molecule has 5 nitrogen and oxygen atoms in total. The number of rotatable bonds is 8. The second-order valence-electron chi connectivity index (χ2n) is 7.35. The molecular weight excluding hydrogens is 336 g/mol. The number of unbranched alkanes of at least 4 members (excludes halogenated alkanes) is 2. The standard InChI is InChI=1S/C22H30N4O/c1-26(22(27)19-13-7-8-14-20(19)23)15-9-3-6-12-18-16-21(25-24-18)17-10-4-2-5-11-17/h2,4-5,7-8,10-11,13-14,18,21,24-25H,3,6,9,12,15-16,23H2,1H3. The highest BCUT2D eigenvalue weighted by Crippen LogP contribution is 2.24. The second kappa shape index (κ2) is 9.53. The summed E-state index contributed by atoms with van der Waals surface area (Å²) in [5.41, 5.74) is 15.2. The van der Waals surface area contributed by atoms with E-state index < -0.39 is 0 Å². The van der Waals surface area contributed by atoms with Gasteiger partial charge in [0.05, 0.1) is 5.56 Å². The average molecular weight is 367 g/mol. The molecule has 1 heterocycles. The number of hydrazine groups is 1. The van der Waals surface area contributed by atoms with Crippen LogP contribution in [0.25, 0.3) is 0 Å². The van der Waals surface area contributed by atoms with E-state index in [0.717, 1.165) is 38.6 Å². The lowest BCUT2D eigenvalue weighted by atomic mass is 9.99. The number of nitrogens with zero attached hydrogens (tertiary/aromatic N) is 1. The molecule has 2 aromatic carbocycles. The summed E-state index contributed by atoms with van der Waals surface area (Å²) in [5.74, 6) is 0.000428. The third-order valence-corrected chi connectivity index (χ3v) is 5.27. The fraction of sp³-hybridized carbons (Fsp3) is 0.409. The maximum absolute atomic E-state index is 12.4. The van der Waals surface area contributed by atoms with Crippen LogP contribution in [-0.2, 0) is 0 Å². The van der Waals surface area contributed by atoms with Crippen molar-refractivity contribution in [2.75, 3.05) is 19.3 Å². The molecule has 144 valence electrons. The minimum Gasteiger partial charge on any atom is -0.398 e. The molecule has 3 rings (SSSR count). The van der Waals surface area contributed by atoms with E-state index in [2.05, 4.69) is 41.2 Å². The molecule has 2 atom stereocenters. The third kappa shape index (κ3) is 5.31. The first-order chi connectivity index (χ1) is 13.1. The number of hydrogen-bond acceptors (Lipinski definition) is 4. The van der Waals surface area contributed by atoms with Gasteiger partial charge in [0.15, 0.2) is 0 Å². The average Bonchev–Trinajstić information content (AvgIpc) is 3.17. The highest BCUT2D eigenvalue weighted by Gasteiger charge is 2.24. The Balaban J connectivity index is 1.33. The van der Waals surface area contributed by atoms with Gasteiger partial charge in [-0.3, -0.25) is 15.6 Å². The lowest BCUT2D eigenvalue weighted by molar-refractivity contribution is 0.0793. The van der Waals surface area contributed by atoms with Gasteiger partial charge < -0.3 is 10.6 Å². The van der Waals surface area contributed by atoms with Crippen molar-refractivity contribution >= 4 is 11.6 Å². The van der Waals surface area contributed by atoms with Gasteiger partial charge in [0.25, 0.3) is 5.91 Å². The van der Waals surface area contributed by atoms with Gasteiger partial charge in [-0.05, 0) is 37.0 Å². The van der Waals surface area contributed by atoms with Crippen LogP contribution in [0.15, 0.2) is 54.6 Å². The number of carbonyl (C=O) groups excluding carboxylic acids is 1. The van der Waals surface area contributed by atoms with E-state index in [1.807, 2.05) is 19.2 Å². The van der Waals surface area contributed by atoms with Gasteiger partial charge in [-0.25, -0.2) is 0 Å². The first kappa shape index (κ1) is 19.4. The molecule has 0 spiro atoms. The van der Waals surface area contributed by atoms with E-state index in [-0.39, 0.29) is 5.91 Å². The van der Waals surface area contributed by atoms with E-state index >= 15 is 0 Å². The minimum absolute atomic E-state index is 0.000428. The Morgan fingerprint density at radius 3 is 2.56 bits per heavy atom. The molecule has 1 aliphatic heterocycles. The first-order valence-electron chi connectivity index (χ1n) is 9.81. The van der Waals surface area contributed by atoms with E-state index in [9.17, 15) is 4.79 Å². The Labute approximate surface area is 161 Å². The number of nitrogens with two attached hydrogens (primary N) is 1. The molecule has 1 fully saturated rings. The van der Waals surface area contributed by atoms with Crippen LogP contribution in [-0.4, -0.2) is 30.4 Å². The summed E-state index contributed by atoms with van der Waals surface area (Å²) in [5, 5.41) is 0. The Morgan fingerprint density at radius 1 is 1.04 bits per heavy atom. The molecule has 0 bridgehead atoms. The zero-order chi connectivity index (χ0) is 19.1. The number of amides is 1. The lowest BCUT2D eigenvalue weighted by Crippen LogP contribution is -2.31. The van der Waals surface area contributed by atoms with Crippen LogP contribution in [0.1, 0.15) is 54.1 Å². The molecule has 0 aliphatic carbocycles. The summed E-state index contributed by atoms with van der Waals surface area (Å²) in [6.45, 7) is 0.760. The van der Waals surface area contributed by atoms with Crippen molar-refractivity contribution in [2.24, 2.45) is 0 Å². The van der Waals surface area contributed by atoms with Gasteiger partial charge in [0.1, 0.15) is 0 Å². The topological polar surface area (TPSA) is 70.4 Å². The predicted octanol–water partition coefficient (Wildman–Crippen LogP) is 3.51. The molecule has 1 amide bonds. The van der Waals surface area contributed by atoms with Crippen LogP contribution in [0.4, 0.5) is 5.69 Å². The quantitative estimate of drug-likeness (QED) is 0.494. The number of anilines is 1. The summed E-state index contributed by atoms with van der Waals surface area (Å²) < 4.78 is 0. The van der Waals surface area contributed by atoms with E-state index in [1.165, 1.54) is 5.56 Å². The van der Waals surface area contributed by atoms with E-state index in [0.29, 0.717) is 23.3 Å². The second-order valence-corrected chi connectivity index (χ2v) is 7.35. The Bertz CT molecular complexity index is 734. The van der Waals surface area contributed by atoms with Gasteiger partial charge in [0.2, 0.25) is 0 Å². The number of para-hydroxylation sites is 1. The van der Waals surface area contributed by atoms with Crippen molar-refractivity contribution in [3.63, 3.8) is 0 Å². The van der Waals surface area contributed by atoms with Crippen LogP contribution in [0.3, 0.4) is 0 Å². The van der Waals surface area contributed by atoms with Crippen molar-refractivity contribution in [3.8, 4) is 0 Å². The van der Waals surface area contributed by atoms with Crippen LogP contribution in [0.5, 0.6) is 0 Å². The first-order valence-corrected chi connectivity index (χ1v) is 9.81. The molecule has 1 saturated heterocycles. The molecule has 1 aliphatic rings. The maximum atomic E-state index is 12.4. The van der Waals surface area contributed by atoms with Crippen LogP contribution in [0, 0.1) is 0 Å². The predicted molar refractivity (Wildman–Crippen MR) is 110 cm³/mol. The smallest absolute Gasteiger partial charge is 0.255 e. The highest BCUT2D eigenvalue weighted by molar-refractivity contribution is 5.98. The summed E-state index contributed by atoms with van der Waals surface area (Å²) in [6.07, 6.45) is 5.57. The normalized spacial score (nSPS) is 19.1. The largest absolute Gasteiger partial charge is 0.398 e. The third-order valence-electron chi connectivity index (χ3n) is 5.27. The fourth-order valence-electron chi connectivity index (χ4n) is 3.63. The SMILES string of the molecule is CN(CCCCCC1CC(c2ccccc2)NN1)C(=O)c1ccccc1N. The number of hydrogen-bond donors (Lipinski definition) is 3. The lowest BCUT2D eigenvalue weighted by Gasteiger charge is -2.18. The molecule has 2 aromatic rings. The summed E-state index contributed by atoms with van der Waals surface area (Å²) in [6, 6.07) is 18.7. The number of nitrogen functional groups attached to an aromatic ring is 1. The van der Waals surface area contributed by atoms with Crippen molar-refractivity contribution < 1.29 is 4.79 Å². The van der Waals surface area contributed by atoms with Crippen molar-refractivity contribution in [2.45, 2.75) is 44.2 Å².